The van der Waals surface area contributed by atoms with Crippen molar-refractivity contribution in [3.63, 3.8) is 0 Å². The lowest BCUT2D eigenvalue weighted by atomic mass is 10.1. The van der Waals surface area contributed by atoms with E-state index in [0.717, 1.165) is 5.56 Å². The molecular formula is C25H22N2O6. The van der Waals surface area contributed by atoms with E-state index in [4.69, 9.17) is 14.2 Å². The first-order chi connectivity index (χ1) is 16.0. The Bertz CT molecular complexity index is 1220. The molecule has 0 saturated heterocycles. The molecule has 0 unspecified atom stereocenters. The van der Waals surface area contributed by atoms with E-state index in [1.54, 1.807) is 65.6 Å². The summed E-state index contributed by atoms with van der Waals surface area (Å²) in [6.07, 6.45) is 0. The topological polar surface area (TPSA) is 94.2 Å². The number of nitrogens with one attached hydrogen (secondary N) is 1. The zero-order valence-electron chi connectivity index (χ0n) is 18.2. The quantitative estimate of drug-likeness (QED) is 0.581. The van der Waals surface area contributed by atoms with E-state index in [-0.39, 0.29) is 25.0 Å². The Morgan fingerprint density at radius 1 is 1.03 bits per heavy atom. The summed E-state index contributed by atoms with van der Waals surface area (Å²) in [6.45, 7) is 0.126. The highest BCUT2D eigenvalue weighted by atomic mass is 16.5. The summed E-state index contributed by atoms with van der Waals surface area (Å²) < 4.78 is 15.6. The molecule has 1 aliphatic rings. The van der Waals surface area contributed by atoms with Gasteiger partial charge in [0, 0.05) is 5.69 Å². The molecule has 0 fully saturated rings. The second kappa shape index (κ2) is 9.44. The molecule has 0 aromatic heterocycles. The highest BCUT2D eigenvalue weighted by Gasteiger charge is 2.26. The average Bonchev–Trinajstić information content (AvgIpc) is 2.85. The van der Waals surface area contributed by atoms with Crippen LogP contribution >= 0.6 is 0 Å². The standard InChI is InChI=1S/C25H22N2O6/c1-31-21-9-4-3-8-19(21)24(29)26-18-10-11-22-20(13-18)27(23(28)15-33-22)14-16-6-5-7-17(12-16)25(30)32-2/h3-13H,14-15H2,1-2H3,(H,26,29). The van der Waals surface area contributed by atoms with Gasteiger partial charge in [0.2, 0.25) is 0 Å². The number of rotatable bonds is 6. The summed E-state index contributed by atoms with van der Waals surface area (Å²) in [6, 6.07) is 18.9. The highest BCUT2D eigenvalue weighted by Crippen LogP contribution is 2.36. The van der Waals surface area contributed by atoms with Gasteiger partial charge in [-0.1, -0.05) is 24.3 Å². The van der Waals surface area contributed by atoms with Crippen LogP contribution in [0.25, 0.3) is 0 Å². The molecule has 1 aliphatic heterocycles. The Balaban J connectivity index is 1.61. The van der Waals surface area contributed by atoms with Gasteiger partial charge in [0.15, 0.2) is 6.61 Å². The Morgan fingerprint density at radius 3 is 2.64 bits per heavy atom. The van der Waals surface area contributed by atoms with E-state index < -0.39 is 5.97 Å². The average molecular weight is 446 g/mol. The minimum absolute atomic E-state index is 0.101. The van der Waals surface area contributed by atoms with Gasteiger partial charge in [-0.25, -0.2) is 4.79 Å². The SMILES string of the molecule is COC(=O)c1cccc(CN2C(=O)COc3ccc(NC(=O)c4ccccc4OC)cc32)c1. The number of hydrogen-bond donors (Lipinski definition) is 1. The van der Waals surface area contributed by atoms with Gasteiger partial charge < -0.3 is 24.4 Å². The molecule has 8 heteroatoms. The van der Waals surface area contributed by atoms with E-state index in [1.807, 2.05) is 6.07 Å². The molecule has 4 rings (SSSR count). The molecule has 1 N–H and O–H groups in total. The number of hydrogen-bond acceptors (Lipinski definition) is 6. The lowest BCUT2D eigenvalue weighted by molar-refractivity contribution is -0.121. The van der Waals surface area contributed by atoms with Crippen molar-refractivity contribution in [3.8, 4) is 11.5 Å². The molecule has 0 radical (unpaired) electrons. The van der Waals surface area contributed by atoms with Crippen LogP contribution in [0.1, 0.15) is 26.3 Å². The number of carbonyl (C=O) groups excluding carboxylic acids is 3. The van der Waals surface area contributed by atoms with Crippen molar-refractivity contribution >= 4 is 29.2 Å². The van der Waals surface area contributed by atoms with Crippen molar-refractivity contribution in [1.82, 2.24) is 0 Å². The molecule has 0 atom stereocenters. The second-order valence-electron chi connectivity index (χ2n) is 7.30. The lowest BCUT2D eigenvalue weighted by Gasteiger charge is -2.30. The third-order valence-electron chi connectivity index (χ3n) is 5.20. The number of carbonyl (C=O) groups is 3. The summed E-state index contributed by atoms with van der Waals surface area (Å²) in [5.41, 5.74) is 2.56. The fourth-order valence-corrected chi connectivity index (χ4v) is 3.58. The van der Waals surface area contributed by atoms with E-state index >= 15 is 0 Å². The predicted molar refractivity (Wildman–Crippen MR) is 122 cm³/mol. The monoisotopic (exact) mass is 446 g/mol. The van der Waals surface area contributed by atoms with E-state index in [9.17, 15) is 14.4 Å². The van der Waals surface area contributed by atoms with Crippen molar-refractivity contribution in [2.24, 2.45) is 0 Å². The van der Waals surface area contributed by atoms with Crippen molar-refractivity contribution in [2.45, 2.75) is 6.54 Å². The molecule has 168 valence electrons. The molecule has 1 heterocycles. The molecule has 3 aromatic carbocycles. The fourth-order valence-electron chi connectivity index (χ4n) is 3.58. The summed E-state index contributed by atoms with van der Waals surface area (Å²) in [7, 11) is 2.82. The number of benzene rings is 3. The van der Waals surface area contributed by atoms with Crippen LogP contribution in [0.5, 0.6) is 11.5 Å². The van der Waals surface area contributed by atoms with Crippen LogP contribution in [0.3, 0.4) is 0 Å². The maximum absolute atomic E-state index is 12.8. The molecule has 8 nitrogen and oxygen atoms in total. The molecule has 0 saturated carbocycles. The number of methoxy groups -OCH3 is 2. The highest BCUT2D eigenvalue weighted by molar-refractivity contribution is 6.07. The first-order valence-electron chi connectivity index (χ1n) is 10.2. The number of fused-ring (bicyclic) bond motifs is 1. The van der Waals surface area contributed by atoms with Crippen molar-refractivity contribution in [2.75, 3.05) is 31.0 Å². The van der Waals surface area contributed by atoms with Crippen LogP contribution in [0.4, 0.5) is 11.4 Å². The zero-order valence-corrected chi connectivity index (χ0v) is 18.2. The smallest absolute Gasteiger partial charge is 0.337 e. The van der Waals surface area contributed by atoms with Gasteiger partial charge in [-0.05, 0) is 48.0 Å². The van der Waals surface area contributed by atoms with Gasteiger partial charge in [0.05, 0.1) is 37.6 Å². The molecule has 33 heavy (non-hydrogen) atoms. The van der Waals surface area contributed by atoms with E-state index in [2.05, 4.69) is 5.32 Å². The zero-order chi connectivity index (χ0) is 23.4. The molecule has 0 bridgehead atoms. The number of amides is 2. The Hall–Kier alpha value is -4.33. The summed E-state index contributed by atoms with van der Waals surface area (Å²) in [5.74, 6) is -0.0496. The maximum Gasteiger partial charge on any atom is 0.337 e. The molecular weight excluding hydrogens is 424 g/mol. The summed E-state index contributed by atoms with van der Waals surface area (Å²) in [4.78, 5) is 38.9. The summed E-state index contributed by atoms with van der Waals surface area (Å²) >= 11 is 0. The van der Waals surface area contributed by atoms with Gasteiger partial charge in [0.1, 0.15) is 11.5 Å². The maximum atomic E-state index is 12.8. The molecule has 2 amide bonds. The third-order valence-corrected chi connectivity index (χ3v) is 5.20. The lowest BCUT2D eigenvalue weighted by Crippen LogP contribution is -2.38. The fraction of sp³-hybridized carbons (Fsp3) is 0.160. The van der Waals surface area contributed by atoms with Crippen LogP contribution < -0.4 is 19.7 Å². The van der Waals surface area contributed by atoms with Gasteiger partial charge in [-0.15, -0.1) is 0 Å². The Morgan fingerprint density at radius 2 is 1.85 bits per heavy atom. The van der Waals surface area contributed by atoms with Gasteiger partial charge >= 0.3 is 5.97 Å². The van der Waals surface area contributed by atoms with Crippen molar-refractivity contribution in [3.05, 3.63) is 83.4 Å². The predicted octanol–water partition coefficient (Wildman–Crippen LogP) is 3.66. The van der Waals surface area contributed by atoms with Gasteiger partial charge in [0.25, 0.3) is 11.8 Å². The van der Waals surface area contributed by atoms with E-state index in [1.165, 1.54) is 14.2 Å². The second-order valence-corrected chi connectivity index (χ2v) is 7.30. The van der Waals surface area contributed by atoms with Crippen molar-refractivity contribution < 1.29 is 28.6 Å². The molecule has 3 aromatic rings. The number of esters is 1. The Kier molecular flexibility index (Phi) is 6.26. The van der Waals surface area contributed by atoms with Gasteiger partial charge in [-0.3, -0.25) is 9.59 Å². The molecule has 0 aliphatic carbocycles. The van der Waals surface area contributed by atoms with Crippen molar-refractivity contribution in [1.29, 1.82) is 0 Å². The van der Waals surface area contributed by atoms with E-state index in [0.29, 0.717) is 34.0 Å². The number of para-hydroxylation sites is 1. The van der Waals surface area contributed by atoms with Crippen LogP contribution in [0, 0.1) is 0 Å². The minimum atomic E-state index is -0.452. The first-order valence-corrected chi connectivity index (χ1v) is 10.2. The Labute approximate surface area is 190 Å². The number of nitrogens with zero attached hydrogens (tertiary/aromatic N) is 1. The number of ether oxygens (including phenoxy) is 3. The van der Waals surface area contributed by atoms with Crippen LogP contribution in [-0.4, -0.2) is 38.6 Å². The first kappa shape index (κ1) is 21.9. The third kappa shape index (κ3) is 4.64. The van der Waals surface area contributed by atoms with Gasteiger partial charge in [-0.2, -0.15) is 0 Å². The van der Waals surface area contributed by atoms with Crippen LogP contribution in [0.2, 0.25) is 0 Å². The minimum Gasteiger partial charge on any atom is -0.496 e. The van der Waals surface area contributed by atoms with Crippen LogP contribution in [0.15, 0.2) is 66.7 Å². The largest absolute Gasteiger partial charge is 0.496 e. The van der Waals surface area contributed by atoms with Crippen LogP contribution in [-0.2, 0) is 16.1 Å². The normalized spacial score (nSPS) is 12.4. The summed E-state index contributed by atoms with van der Waals surface area (Å²) in [5, 5.41) is 2.84. The number of anilines is 2. The molecule has 0 spiro atoms.